The van der Waals surface area contributed by atoms with Crippen LogP contribution in [0.1, 0.15) is 39.5 Å². The van der Waals surface area contributed by atoms with Crippen molar-refractivity contribution >= 4 is 21.7 Å². The molecule has 1 saturated heterocycles. The van der Waals surface area contributed by atoms with E-state index in [1.807, 2.05) is 13.8 Å². The first kappa shape index (κ1) is 17.9. The molecule has 1 fully saturated rings. The lowest BCUT2D eigenvalue weighted by Gasteiger charge is -2.27. The maximum atomic E-state index is 12.3. The molecule has 0 aromatic rings. The van der Waals surface area contributed by atoms with Gasteiger partial charge in [0.05, 0.1) is 11.5 Å². The maximum Gasteiger partial charge on any atom is 0.312 e. The first-order chi connectivity index (χ1) is 9.82. The molecule has 0 spiro atoms. The maximum absolute atomic E-state index is 12.3. The number of nitrogens with zero attached hydrogens (tertiary/aromatic N) is 2. The Balaban J connectivity index is 2.68. The first-order valence-electron chi connectivity index (χ1n) is 7.58. The van der Waals surface area contributed by atoms with Crippen LogP contribution >= 0.6 is 0 Å². The van der Waals surface area contributed by atoms with Gasteiger partial charge < -0.3 is 9.80 Å². The quantitative estimate of drug-likeness (QED) is 0.675. The highest BCUT2D eigenvalue weighted by molar-refractivity contribution is 7.91. The molecule has 0 bridgehead atoms. The largest absolute Gasteiger partial charge is 0.334 e. The molecule has 0 N–H and O–H groups in total. The highest BCUT2D eigenvalue weighted by Crippen LogP contribution is 2.17. The van der Waals surface area contributed by atoms with Crippen molar-refractivity contribution in [2.45, 2.75) is 45.6 Å². The van der Waals surface area contributed by atoms with E-state index in [-0.39, 0.29) is 17.5 Å². The Morgan fingerprint density at radius 1 is 1.10 bits per heavy atom. The standard InChI is InChI=1S/C14H26N2O4S/c1-4-6-9-16(8-5-2)14(18)13(17)15(3)12-7-10-21(19,20)11-12/h12H,4-11H2,1-3H3. The van der Waals surface area contributed by atoms with Crippen molar-refractivity contribution in [1.82, 2.24) is 9.80 Å². The van der Waals surface area contributed by atoms with Crippen molar-refractivity contribution in [2.24, 2.45) is 0 Å². The summed E-state index contributed by atoms with van der Waals surface area (Å²) in [5, 5.41) is 0. The Morgan fingerprint density at radius 2 is 1.76 bits per heavy atom. The summed E-state index contributed by atoms with van der Waals surface area (Å²) < 4.78 is 23.0. The van der Waals surface area contributed by atoms with E-state index < -0.39 is 21.7 Å². The van der Waals surface area contributed by atoms with Gasteiger partial charge >= 0.3 is 11.8 Å². The van der Waals surface area contributed by atoms with Gasteiger partial charge in [0.25, 0.3) is 0 Å². The summed E-state index contributed by atoms with van der Waals surface area (Å²) in [4.78, 5) is 27.4. The zero-order valence-corrected chi connectivity index (χ0v) is 14.0. The highest BCUT2D eigenvalue weighted by Gasteiger charge is 2.35. The highest BCUT2D eigenvalue weighted by atomic mass is 32.2. The van der Waals surface area contributed by atoms with Crippen LogP contribution in [-0.2, 0) is 19.4 Å². The Morgan fingerprint density at radius 3 is 2.24 bits per heavy atom. The van der Waals surface area contributed by atoms with Gasteiger partial charge in [0.2, 0.25) is 0 Å². The normalized spacial score (nSPS) is 20.2. The van der Waals surface area contributed by atoms with Crippen molar-refractivity contribution in [1.29, 1.82) is 0 Å². The molecule has 0 saturated carbocycles. The molecule has 0 radical (unpaired) electrons. The number of carbonyl (C=O) groups is 2. The van der Waals surface area contributed by atoms with Crippen LogP contribution < -0.4 is 0 Å². The second-order valence-electron chi connectivity index (χ2n) is 5.62. The molecule has 1 aliphatic rings. The molecule has 1 heterocycles. The number of hydrogen-bond acceptors (Lipinski definition) is 4. The van der Waals surface area contributed by atoms with Crippen LogP contribution in [0.3, 0.4) is 0 Å². The number of likely N-dealkylation sites (N-methyl/N-ethyl adjacent to an activating group) is 1. The number of amides is 2. The van der Waals surface area contributed by atoms with Gasteiger partial charge in [-0.3, -0.25) is 9.59 Å². The van der Waals surface area contributed by atoms with Crippen LogP contribution in [0.5, 0.6) is 0 Å². The minimum atomic E-state index is -3.06. The summed E-state index contributed by atoms with van der Waals surface area (Å²) in [5.41, 5.74) is 0. The lowest BCUT2D eigenvalue weighted by atomic mass is 10.2. The molecular formula is C14H26N2O4S. The molecule has 1 rings (SSSR count). The SMILES string of the molecule is CCCCN(CCC)C(=O)C(=O)N(C)C1CCS(=O)(=O)C1. The van der Waals surface area contributed by atoms with Crippen molar-refractivity contribution < 1.29 is 18.0 Å². The van der Waals surface area contributed by atoms with Crippen LogP contribution in [0, 0.1) is 0 Å². The lowest BCUT2D eigenvalue weighted by Crippen LogP contribution is -2.48. The third-order valence-electron chi connectivity index (χ3n) is 3.82. The van der Waals surface area contributed by atoms with Gasteiger partial charge in [0.1, 0.15) is 0 Å². The fourth-order valence-corrected chi connectivity index (χ4v) is 4.24. The predicted octanol–water partition coefficient (Wildman–Crippen LogP) is 0.671. The van der Waals surface area contributed by atoms with E-state index >= 15 is 0 Å². The van der Waals surface area contributed by atoms with Crippen molar-refractivity contribution in [2.75, 3.05) is 31.6 Å². The van der Waals surface area contributed by atoms with Crippen LogP contribution in [0.25, 0.3) is 0 Å². The second kappa shape index (κ2) is 7.77. The number of unbranched alkanes of at least 4 members (excludes halogenated alkanes) is 1. The molecule has 0 aliphatic carbocycles. The predicted molar refractivity (Wildman–Crippen MR) is 81.6 cm³/mol. The Kier molecular flexibility index (Phi) is 6.64. The summed E-state index contributed by atoms with van der Waals surface area (Å²) in [5.74, 6) is -1.05. The number of rotatable bonds is 6. The van der Waals surface area contributed by atoms with Gasteiger partial charge in [-0.2, -0.15) is 0 Å². The van der Waals surface area contributed by atoms with E-state index in [2.05, 4.69) is 0 Å². The van der Waals surface area contributed by atoms with Gasteiger partial charge in [0, 0.05) is 26.2 Å². The monoisotopic (exact) mass is 318 g/mol. The molecule has 0 aromatic heterocycles. The molecule has 122 valence electrons. The van der Waals surface area contributed by atoms with Gasteiger partial charge in [-0.15, -0.1) is 0 Å². The van der Waals surface area contributed by atoms with Gasteiger partial charge in [-0.05, 0) is 19.3 Å². The zero-order chi connectivity index (χ0) is 16.0. The Hall–Kier alpha value is -1.11. The van der Waals surface area contributed by atoms with E-state index in [9.17, 15) is 18.0 Å². The van der Waals surface area contributed by atoms with E-state index in [0.717, 1.165) is 19.3 Å². The average Bonchev–Trinajstić information content (AvgIpc) is 2.81. The van der Waals surface area contributed by atoms with Crippen LogP contribution in [-0.4, -0.2) is 67.7 Å². The minimum Gasteiger partial charge on any atom is -0.334 e. The Bertz CT molecular complexity index is 475. The van der Waals surface area contributed by atoms with Gasteiger partial charge in [-0.25, -0.2) is 8.42 Å². The molecule has 0 aromatic carbocycles. The number of carbonyl (C=O) groups excluding carboxylic acids is 2. The summed E-state index contributed by atoms with van der Waals surface area (Å²) in [6.07, 6.45) is 3.03. The molecule has 1 aliphatic heterocycles. The summed E-state index contributed by atoms with van der Waals surface area (Å²) in [6.45, 7) is 5.13. The van der Waals surface area contributed by atoms with Crippen molar-refractivity contribution in [3.05, 3.63) is 0 Å². The van der Waals surface area contributed by atoms with E-state index in [1.165, 1.54) is 11.9 Å². The topological polar surface area (TPSA) is 74.8 Å². The molecular weight excluding hydrogens is 292 g/mol. The minimum absolute atomic E-state index is 0.0365. The molecule has 6 nitrogen and oxygen atoms in total. The van der Waals surface area contributed by atoms with E-state index in [0.29, 0.717) is 19.5 Å². The summed E-state index contributed by atoms with van der Waals surface area (Å²) >= 11 is 0. The zero-order valence-electron chi connectivity index (χ0n) is 13.2. The lowest BCUT2D eigenvalue weighted by molar-refractivity contribution is -0.152. The first-order valence-corrected chi connectivity index (χ1v) is 9.41. The van der Waals surface area contributed by atoms with E-state index in [4.69, 9.17) is 0 Å². The van der Waals surface area contributed by atoms with Crippen LogP contribution in [0.4, 0.5) is 0 Å². The average molecular weight is 318 g/mol. The molecule has 21 heavy (non-hydrogen) atoms. The molecule has 1 atom stereocenters. The summed E-state index contributed by atoms with van der Waals surface area (Å²) in [6, 6.07) is -0.374. The third-order valence-corrected chi connectivity index (χ3v) is 5.57. The fraction of sp³-hybridized carbons (Fsp3) is 0.857. The Labute approximate surface area is 127 Å². The second-order valence-corrected chi connectivity index (χ2v) is 7.85. The number of hydrogen-bond donors (Lipinski definition) is 0. The number of sulfone groups is 1. The summed E-state index contributed by atoms with van der Waals surface area (Å²) in [7, 11) is -1.54. The molecule has 1 unspecified atom stereocenters. The van der Waals surface area contributed by atoms with Gasteiger partial charge in [-0.1, -0.05) is 20.3 Å². The van der Waals surface area contributed by atoms with Crippen LogP contribution in [0.15, 0.2) is 0 Å². The third kappa shape index (κ3) is 4.98. The smallest absolute Gasteiger partial charge is 0.312 e. The molecule has 2 amide bonds. The van der Waals surface area contributed by atoms with Crippen molar-refractivity contribution in [3.63, 3.8) is 0 Å². The van der Waals surface area contributed by atoms with Gasteiger partial charge in [0.15, 0.2) is 9.84 Å². The molecule has 7 heteroatoms. The van der Waals surface area contributed by atoms with Crippen LogP contribution in [0.2, 0.25) is 0 Å². The van der Waals surface area contributed by atoms with E-state index in [1.54, 1.807) is 4.90 Å². The fourth-order valence-electron chi connectivity index (χ4n) is 2.47. The van der Waals surface area contributed by atoms with Crippen molar-refractivity contribution in [3.8, 4) is 0 Å².